The molecule has 0 aliphatic heterocycles. The Bertz CT molecular complexity index is 665. The number of benzene rings is 1. The maximum Gasteiger partial charge on any atom is 0.177 e. The summed E-state index contributed by atoms with van der Waals surface area (Å²) in [4.78, 5) is 13.0. The lowest BCUT2D eigenvalue weighted by atomic mass is 10.1. The zero-order chi connectivity index (χ0) is 12.5. The summed E-state index contributed by atoms with van der Waals surface area (Å²) in [6, 6.07) is 11.5. The summed E-state index contributed by atoms with van der Waals surface area (Å²) in [6.07, 6.45) is 0.435. The van der Waals surface area contributed by atoms with E-state index in [1.807, 2.05) is 30.3 Å². The number of carbonyl (C=O) groups excluding carboxylic acids is 1. The van der Waals surface area contributed by atoms with Crippen LogP contribution < -0.4 is 0 Å². The lowest BCUT2D eigenvalue weighted by molar-refractivity contribution is 0.0997. The number of hydrogen-bond acceptors (Lipinski definition) is 3. The quantitative estimate of drug-likeness (QED) is 0.618. The first-order valence-electron chi connectivity index (χ1n) is 5.47. The molecule has 0 N–H and O–H groups in total. The van der Waals surface area contributed by atoms with Crippen LogP contribution >= 0.6 is 34.3 Å². The first-order valence-corrected chi connectivity index (χ1v) is 7.54. The van der Waals surface area contributed by atoms with Crippen LogP contribution in [0, 0.1) is 0 Å². The van der Waals surface area contributed by atoms with E-state index in [0.717, 1.165) is 10.4 Å². The average Bonchev–Trinajstić information content (AvgIpc) is 2.92. The van der Waals surface area contributed by atoms with Crippen molar-refractivity contribution in [3.63, 3.8) is 0 Å². The zero-order valence-electron chi connectivity index (χ0n) is 9.35. The molecular weight excluding hydrogens is 284 g/mol. The second-order valence-corrected chi connectivity index (χ2v) is 6.45. The number of halogens is 1. The molecule has 2 aromatic heterocycles. The van der Waals surface area contributed by atoms with E-state index >= 15 is 0 Å². The number of Topliss-reactive ketones (excluding diaryl/α,β-unsaturated/α-hetero) is 1. The topological polar surface area (TPSA) is 17.1 Å². The first-order chi connectivity index (χ1) is 8.72. The van der Waals surface area contributed by atoms with Crippen molar-refractivity contribution in [2.75, 3.05) is 0 Å². The van der Waals surface area contributed by atoms with Gasteiger partial charge in [0.25, 0.3) is 0 Å². The van der Waals surface area contributed by atoms with Crippen molar-refractivity contribution in [3.8, 4) is 0 Å². The van der Waals surface area contributed by atoms with Crippen molar-refractivity contribution in [2.24, 2.45) is 0 Å². The number of thiophene rings is 2. The van der Waals surface area contributed by atoms with Gasteiger partial charge in [0.05, 0.1) is 4.88 Å². The second-order valence-electron chi connectivity index (χ2n) is 3.99. The predicted molar refractivity (Wildman–Crippen MR) is 79.2 cm³/mol. The Kier molecular flexibility index (Phi) is 3.20. The van der Waals surface area contributed by atoms with Crippen LogP contribution in [0.3, 0.4) is 0 Å². The van der Waals surface area contributed by atoms with Crippen molar-refractivity contribution >= 4 is 49.5 Å². The van der Waals surface area contributed by atoms with E-state index in [1.54, 1.807) is 22.7 Å². The highest BCUT2D eigenvalue weighted by atomic mass is 35.5. The molecule has 0 atom stereocenters. The van der Waals surface area contributed by atoms with Gasteiger partial charge < -0.3 is 0 Å². The Morgan fingerprint density at radius 2 is 1.89 bits per heavy atom. The number of rotatable bonds is 3. The third-order valence-electron chi connectivity index (χ3n) is 2.69. The molecule has 0 unspecified atom stereocenters. The maximum absolute atomic E-state index is 12.1. The van der Waals surface area contributed by atoms with E-state index in [4.69, 9.17) is 11.6 Å². The average molecular weight is 293 g/mol. The molecule has 90 valence electrons. The maximum atomic E-state index is 12.1. The van der Waals surface area contributed by atoms with Crippen LogP contribution in [0.15, 0.2) is 41.8 Å². The van der Waals surface area contributed by atoms with Crippen LogP contribution in [0.1, 0.15) is 15.2 Å². The van der Waals surface area contributed by atoms with Crippen LogP contribution in [-0.2, 0) is 6.42 Å². The van der Waals surface area contributed by atoms with Gasteiger partial charge in [0.15, 0.2) is 5.78 Å². The molecule has 0 bridgehead atoms. The van der Waals surface area contributed by atoms with Crippen LogP contribution in [0.4, 0.5) is 0 Å². The van der Waals surface area contributed by atoms with E-state index in [9.17, 15) is 4.79 Å². The van der Waals surface area contributed by atoms with Gasteiger partial charge in [-0.3, -0.25) is 4.79 Å². The summed E-state index contributed by atoms with van der Waals surface area (Å²) in [5.74, 6) is 0.172. The molecule has 0 spiro atoms. The van der Waals surface area contributed by atoms with Crippen LogP contribution in [-0.4, -0.2) is 5.78 Å². The van der Waals surface area contributed by atoms with Crippen LogP contribution in [0.2, 0.25) is 5.02 Å². The summed E-state index contributed by atoms with van der Waals surface area (Å²) in [7, 11) is 0. The van der Waals surface area contributed by atoms with Gasteiger partial charge in [-0.1, -0.05) is 23.7 Å². The predicted octanol–water partition coefficient (Wildman–Crippen LogP) is 5.04. The van der Waals surface area contributed by atoms with Crippen molar-refractivity contribution < 1.29 is 4.79 Å². The fourth-order valence-corrected chi connectivity index (χ4v) is 3.95. The summed E-state index contributed by atoms with van der Waals surface area (Å²) in [5, 5.41) is 2.75. The van der Waals surface area contributed by atoms with Crippen molar-refractivity contribution in [1.29, 1.82) is 0 Å². The van der Waals surface area contributed by atoms with Crippen LogP contribution in [0.5, 0.6) is 0 Å². The highest BCUT2D eigenvalue weighted by molar-refractivity contribution is 7.27. The standard InChI is InChI=1S/C14H9ClOS2/c15-10-3-1-9(2-4-10)7-11(16)13-8-14-12(18-13)5-6-17-14/h1-6,8H,7H2. The molecule has 1 aromatic carbocycles. The van der Waals surface area contributed by atoms with Crippen molar-refractivity contribution in [1.82, 2.24) is 0 Å². The largest absolute Gasteiger partial charge is 0.293 e. The summed E-state index contributed by atoms with van der Waals surface area (Å²) >= 11 is 9.07. The minimum absolute atomic E-state index is 0.172. The van der Waals surface area contributed by atoms with E-state index in [1.165, 1.54) is 9.40 Å². The van der Waals surface area contributed by atoms with E-state index in [-0.39, 0.29) is 5.78 Å². The Hall–Kier alpha value is -1.16. The normalized spacial score (nSPS) is 10.9. The van der Waals surface area contributed by atoms with Crippen molar-refractivity contribution in [2.45, 2.75) is 6.42 Å². The molecule has 0 radical (unpaired) electrons. The minimum Gasteiger partial charge on any atom is -0.293 e. The summed E-state index contributed by atoms with van der Waals surface area (Å²) in [5.41, 5.74) is 1.00. The molecule has 1 nitrogen and oxygen atoms in total. The van der Waals surface area contributed by atoms with E-state index in [0.29, 0.717) is 11.4 Å². The molecule has 4 heteroatoms. The number of carbonyl (C=O) groups is 1. The number of hydrogen-bond donors (Lipinski definition) is 0. The minimum atomic E-state index is 0.172. The Morgan fingerprint density at radius 3 is 2.61 bits per heavy atom. The fourth-order valence-electron chi connectivity index (χ4n) is 1.78. The molecule has 0 fully saturated rings. The van der Waals surface area contributed by atoms with Gasteiger partial charge in [-0.2, -0.15) is 0 Å². The molecule has 0 aliphatic rings. The van der Waals surface area contributed by atoms with Crippen molar-refractivity contribution in [3.05, 3.63) is 57.2 Å². The highest BCUT2D eigenvalue weighted by Crippen LogP contribution is 2.30. The summed E-state index contributed by atoms with van der Waals surface area (Å²) in [6.45, 7) is 0. The van der Waals surface area contributed by atoms with E-state index < -0.39 is 0 Å². The lowest BCUT2D eigenvalue weighted by Crippen LogP contribution is -2.00. The first kappa shape index (κ1) is 11.9. The summed E-state index contributed by atoms with van der Waals surface area (Å²) < 4.78 is 2.39. The molecule has 0 aliphatic carbocycles. The molecule has 3 rings (SSSR count). The Labute approximate surface area is 118 Å². The third-order valence-corrected chi connectivity index (χ3v) is 5.08. The number of fused-ring (bicyclic) bond motifs is 1. The van der Waals surface area contributed by atoms with Gasteiger partial charge in [-0.25, -0.2) is 0 Å². The van der Waals surface area contributed by atoms with Gasteiger partial charge in [0.2, 0.25) is 0 Å². The van der Waals surface area contributed by atoms with Gasteiger partial charge in [0.1, 0.15) is 0 Å². The molecule has 0 saturated carbocycles. The third kappa shape index (κ3) is 2.34. The molecule has 2 heterocycles. The second kappa shape index (κ2) is 4.84. The Balaban J connectivity index is 1.82. The van der Waals surface area contributed by atoms with Gasteiger partial charge in [0, 0.05) is 20.8 Å². The zero-order valence-corrected chi connectivity index (χ0v) is 11.7. The van der Waals surface area contributed by atoms with Crippen LogP contribution in [0.25, 0.3) is 9.40 Å². The monoisotopic (exact) mass is 292 g/mol. The van der Waals surface area contributed by atoms with Gasteiger partial charge in [-0.05, 0) is 35.2 Å². The number of ketones is 1. The molecule has 18 heavy (non-hydrogen) atoms. The molecule has 0 amide bonds. The fraction of sp³-hybridized carbons (Fsp3) is 0.0714. The molecule has 3 aromatic rings. The SMILES string of the molecule is O=C(Cc1ccc(Cl)cc1)c1cc2sccc2s1. The van der Waals surface area contributed by atoms with E-state index in [2.05, 4.69) is 11.4 Å². The Morgan fingerprint density at radius 1 is 1.11 bits per heavy atom. The highest BCUT2D eigenvalue weighted by Gasteiger charge is 2.11. The molecular formula is C14H9ClOS2. The molecule has 0 saturated heterocycles. The van der Waals surface area contributed by atoms with Gasteiger partial charge >= 0.3 is 0 Å². The smallest absolute Gasteiger partial charge is 0.177 e. The lowest BCUT2D eigenvalue weighted by Gasteiger charge is -1.99. The van der Waals surface area contributed by atoms with Gasteiger partial charge in [-0.15, -0.1) is 22.7 Å².